The molecule has 0 aliphatic rings. The first-order valence-electron chi connectivity index (χ1n) is 3.49. The maximum Gasteiger partial charge on any atom is 0.266 e. The second-order valence-corrected chi connectivity index (χ2v) is 3.58. The van der Waals surface area contributed by atoms with Crippen molar-refractivity contribution >= 4 is 24.4 Å². The molecule has 0 bridgehead atoms. The summed E-state index contributed by atoms with van der Waals surface area (Å²) in [6.45, 7) is 1.82. The molecule has 0 atom stereocenters. The largest absolute Gasteiger partial charge is 0.440 e. The molecular formula is C7H6N2O2S2. The van der Waals surface area contributed by atoms with Gasteiger partial charge in [-0.05, 0) is 6.92 Å². The minimum Gasteiger partial charge on any atom is -0.440 e. The van der Waals surface area contributed by atoms with Gasteiger partial charge in [0.1, 0.15) is 6.26 Å². The van der Waals surface area contributed by atoms with Gasteiger partial charge in [0.05, 0.1) is 11.9 Å². The summed E-state index contributed by atoms with van der Waals surface area (Å²) < 4.78 is 10.2. The van der Waals surface area contributed by atoms with Gasteiger partial charge < -0.3 is 8.83 Å². The highest BCUT2D eigenvalue weighted by atomic mass is 32.2. The van der Waals surface area contributed by atoms with Crippen molar-refractivity contribution in [1.82, 2.24) is 9.97 Å². The van der Waals surface area contributed by atoms with E-state index in [0.717, 1.165) is 5.69 Å². The zero-order chi connectivity index (χ0) is 9.26. The maximum absolute atomic E-state index is 5.20. The van der Waals surface area contributed by atoms with E-state index in [1.807, 2.05) is 6.92 Å². The lowest BCUT2D eigenvalue weighted by Gasteiger charge is -1.86. The minimum absolute atomic E-state index is 0.491. The van der Waals surface area contributed by atoms with Crippen LogP contribution in [0.2, 0.25) is 0 Å². The minimum atomic E-state index is 0.491. The first-order chi connectivity index (χ1) is 6.25. The summed E-state index contributed by atoms with van der Waals surface area (Å²) in [5, 5.41) is 1.52. The molecule has 0 spiro atoms. The van der Waals surface area contributed by atoms with Crippen LogP contribution >= 0.6 is 24.4 Å². The van der Waals surface area contributed by atoms with Crippen LogP contribution in [0.15, 0.2) is 36.8 Å². The van der Waals surface area contributed by atoms with E-state index in [1.165, 1.54) is 18.0 Å². The topological polar surface area (TPSA) is 52.1 Å². The fourth-order valence-electron chi connectivity index (χ4n) is 0.743. The van der Waals surface area contributed by atoms with Crippen LogP contribution in [0, 0.1) is 6.92 Å². The van der Waals surface area contributed by atoms with Gasteiger partial charge in [0, 0.05) is 11.8 Å². The molecule has 0 aliphatic heterocycles. The van der Waals surface area contributed by atoms with Crippen LogP contribution < -0.4 is 0 Å². The Morgan fingerprint density at radius 1 is 1.46 bits per heavy atom. The lowest BCUT2D eigenvalue weighted by Crippen LogP contribution is -1.72. The summed E-state index contributed by atoms with van der Waals surface area (Å²) in [7, 11) is 0. The highest BCUT2D eigenvalue weighted by Crippen LogP contribution is 2.28. The number of hydrogen-bond donors (Lipinski definition) is 1. The Bertz CT molecular complexity index is 377. The van der Waals surface area contributed by atoms with Crippen LogP contribution in [-0.4, -0.2) is 9.97 Å². The summed E-state index contributed by atoms with van der Waals surface area (Å²) in [5.74, 6) is 0. The number of aryl methyl sites for hydroxylation is 1. The van der Waals surface area contributed by atoms with E-state index < -0.39 is 0 Å². The number of nitrogens with zero attached hydrogens (tertiary/aromatic N) is 2. The molecule has 0 aliphatic carbocycles. The van der Waals surface area contributed by atoms with Crippen molar-refractivity contribution in [3.8, 4) is 0 Å². The Morgan fingerprint density at radius 2 is 2.31 bits per heavy atom. The molecule has 4 nitrogen and oxygen atoms in total. The molecule has 0 amide bonds. The zero-order valence-corrected chi connectivity index (χ0v) is 8.43. The molecule has 0 N–H and O–H groups in total. The highest BCUT2D eigenvalue weighted by Gasteiger charge is 2.09. The van der Waals surface area contributed by atoms with Crippen LogP contribution in [0.5, 0.6) is 0 Å². The predicted octanol–water partition coefficient (Wildman–Crippen LogP) is 2.41. The third-order valence-corrected chi connectivity index (χ3v) is 2.48. The van der Waals surface area contributed by atoms with Crippen molar-refractivity contribution in [2.24, 2.45) is 0 Å². The molecular weight excluding hydrogens is 208 g/mol. The lowest BCUT2D eigenvalue weighted by molar-refractivity contribution is 0.379. The standard InChI is InChI=1S/C7H6N2O2S2/c1-4-5(12)11-7(9-4)13-6-8-2-3-10-6/h2-3,12H,1H3. The van der Waals surface area contributed by atoms with Crippen molar-refractivity contribution in [1.29, 1.82) is 0 Å². The number of aromatic nitrogens is 2. The Kier molecular flexibility index (Phi) is 2.32. The van der Waals surface area contributed by atoms with Crippen LogP contribution in [0.4, 0.5) is 0 Å². The molecule has 0 saturated carbocycles. The van der Waals surface area contributed by atoms with E-state index in [4.69, 9.17) is 8.83 Å². The smallest absolute Gasteiger partial charge is 0.266 e. The van der Waals surface area contributed by atoms with Crippen molar-refractivity contribution in [2.75, 3.05) is 0 Å². The van der Waals surface area contributed by atoms with Gasteiger partial charge in [-0.25, -0.2) is 9.97 Å². The number of thiol groups is 1. The van der Waals surface area contributed by atoms with Gasteiger partial charge in [-0.1, -0.05) is 0 Å². The van der Waals surface area contributed by atoms with Crippen LogP contribution in [0.3, 0.4) is 0 Å². The molecule has 0 fully saturated rings. The molecule has 0 aromatic carbocycles. The van der Waals surface area contributed by atoms with Gasteiger partial charge in [-0.15, -0.1) is 12.6 Å². The first-order valence-corrected chi connectivity index (χ1v) is 4.76. The van der Waals surface area contributed by atoms with Crippen LogP contribution in [0.25, 0.3) is 0 Å². The first kappa shape index (κ1) is 8.71. The molecule has 13 heavy (non-hydrogen) atoms. The number of rotatable bonds is 2. The molecule has 0 radical (unpaired) electrons. The van der Waals surface area contributed by atoms with Gasteiger partial charge in [0.25, 0.3) is 10.4 Å². The maximum atomic E-state index is 5.20. The molecule has 2 aromatic heterocycles. The molecule has 2 rings (SSSR count). The summed E-state index contributed by atoms with van der Waals surface area (Å²) in [5.41, 5.74) is 0.761. The molecule has 2 heterocycles. The van der Waals surface area contributed by atoms with E-state index in [9.17, 15) is 0 Å². The van der Waals surface area contributed by atoms with Crippen molar-refractivity contribution in [2.45, 2.75) is 22.5 Å². The van der Waals surface area contributed by atoms with Gasteiger partial charge in [0.2, 0.25) is 0 Å². The molecule has 2 aromatic rings. The zero-order valence-electron chi connectivity index (χ0n) is 6.72. The van der Waals surface area contributed by atoms with E-state index >= 15 is 0 Å². The quantitative estimate of drug-likeness (QED) is 0.778. The number of hydrogen-bond acceptors (Lipinski definition) is 6. The Balaban J connectivity index is 2.19. The average Bonchev–Trinajstić information content (AvgIpc) is 2.64. The average molecular weight is 214 g/mol. The van der Waals surface area contributed by atoms with Gasteiger partial charge in [-0.3, -0.25) is 0 Å². The van der Waals surface area contributed by atoms with Gasteiger partial charge in [-0.2, -0.15) is 0 Å². The Labute approximate surface area is 84.2 Å². The van der Waals surface area contributed by atoms with Crippen LogP contribution in [0.1, 0.15) is 5.69 Å². The van der Waals surface area contributed by atoms with E-state index in [1.54, 1.807) is 6.20 Å². The van der Waals surface area contributed by atoms with Gasteiger partial charge >= 0.3 is 0 Å². The summed E-state index contributed by atoms with van der Waals surface area (Å²) in [6.07, 6.45) is 3.07. The molecule has 68 valence electrons. The van der Waals surface area contributed by atoms with Crippen LogP contribution in [-0.2, 0) is 0 Å². The Morgan fingerprint density at radius 3 is 2.85 bits per heavy atom. The van der Waals surface area contributed by atoms with Crippen molar-refractivity contribution in [3.05, 3.63) is 18.2 Å². The predicted molar refractivity (Wildman–Crippen MR) is 49.1 cm³/mol. The van der Waals surface area contributed by atoms with E-state index in [2.05, 4.69) is 22.6 Å². The van der Waals surface area contributed by atoms with Gasteiger partial charge in [0.15, 0.2) is 5.09 Å². The summed E-state index contributed by atoms with van der Waals surface area (Å²) in [4.78, 5) is 8.03. The fourth-order valence-corrected chi connectivity index (χ4v) is 1.62. The summed E-state index contributed by atoms with van der Waals surface area (Å²) >= 11 is 5.30. The second kappa shape index (κ2) is 3.47. The molecule has 6 heteroatoms. The highest BCUT2D eigenvalue weighted by molar-refractivity contribution is 7.98. The fraction of sp³-hybridized carbons (Fsp3) is 0.143. The Hall–Kier alpha value is -0.880. The third-order valence-electron chi connectivity index (χ3n) is 1.34. The van der Waals surface area contributed by atoms with E-state index in [0.29, 0.717) is 15.5 Å². The van der Waals surface area contributed by atoms with Crippen molar-refractivity contribution in [3.63, 3.8) is 0 Å². The summed E-state index contributed by atoms with van der Waals surface area (Å²) in [6, 6.07) is 0. The van der Waals surface area contributed by atoms with Crippen molar-refractivity contribution < 1.29 is 8.83 Å². The molecule has 0 unspecified atom stereocenters. The second-order valence-electron chi connectivity index (χ2n) is 2.27. The van der Waals surface area contributed by atoms with E-state index in [-0.39, 0.29) is 0 Å². The molecule has 0 saturated heterocycles. The lowest BCUT2D eigenvalue weighted by atomic mass is 10.6. The number of oxazole rings is 2. The monoisotopic (exact) mass is 214 g/mol. The normalized spacial score (nSPS) is 10.6. The third kappa shape index (κ3) is 1.89. The SMILES string of the molecule is Cc1nc(Sc2ncco2)oc1S.